The van der Waals surface area contributed by atoms with Crippen molar-refractivity contribution < 1.29 is 4.79 Å². The minimum atomic E-state index is -0.135. The molecular formula is C17H24O. The van der Waals surface area contributed by atoms with E-state index in [1.165, 1.54) is 12.0 Å². The Hall–Kier alpha value is -1.11. The van der Waals surface area contributed by atoms with E-state index >= 15 is 0 Å². The molecule has 0 aromatic heterocycles. The molecule has 0 unspecified atom stereocenters. The highest BCUT2D eigenvalue weighted by Gasteiger charge is 2.44. The second kappa shape index (κ2) is 5.69. The summed E-state index contributed by atoms with van der Waals surface area (Å²) in [4.78, 5) is 12.7. The quantitative estimate of drug-likeness (QED) is 0.720. The van der Waals surface area contributed by atoms with Gasteiger partial charge < -0.3 is 0 Å². The Morgan fingerprint density at radius 2 is 1.78 bits per heavy atom. The van der Waals surface area contributed by atoms with Gasteiger partial charge in [0.1, 0.15) is 5.78 Å². The van der Waals surface area contributed by atoms with Crippen molar-refractivity contribution in [2.75, 3.05) is 0 Å². The zero-order valence-electron chi connectivity index (χ0n) is 11.6. The van der Waals surface area contributed by atoms with Crippen molar-refractivity contribution in [3.8, 4) is 0 Å². The van der Waals surface area contributed by atoms with Crippen molar-refractivity contribution >= 4 is 5.78 Å². The average Bonchev–Trinajstić information content (AvgIpc) is 2.36. The Morgan fingerprint density at radius 3 is 2.22 bits per heavy atom. The highest BCUT2D eigenvalue weighted by molar-refractivity contribution is 5.91. The Balaban J connectivity index is 2.15. The lowest BCUT2D eigenvalue weighted by atomic mass is 9.60. The monoisotopic (exact) mass is 244 g/mol. The molecule has 18 heavy (non-hydrogen) atoms. The van der Waals surface area contributed by atoms with Crippen LogP contribution in [0.4, 0.5) is 0 Å². The zero-order valence-corrected chi connectivity index (χ0v) is 11.6. The molecule has 0 aliphatic heterocycles. The van der Waals surface area contributed by atoms with E-state index in [2.05, 4.69) is 38.1 Å². The molecule has 1 aromatic rings. The van der Waals surface area contributed by atoms with Crippen molar-refractivity contribution in [2.24, 2.45) is 5.92 Å². The van der Waals surface area contributed by atoms with Gasteiger partial charge in [0.05, 0.1) is 5.41 Å². The second-order valence-corrected chi connectivity index (χ2v) is 5.61. The lowest BCUT2D eigenvalue weighted by Gasteiger charge is -2.41. The third kappa shape index (κ3) is 2.36. The first-order valence-corrected chi connectivity index (χ1v) is 7.31. The summed E-state index contributed by atoms with van der Waals surface area (Å²) in [7, 11) is 0. The number of hydrogen-bond acceptors (Lipinski definition) is 1. The van der Waals surface area contributed by atoms with E-state index in [0.29, 0.717) is 11.7 Å². The van der Waals surface area contributed by atoms with Crippen molar-refractivity contribution in [2.45, 2.75) is 57.8 Å². The van der Waals surface area contributed by atoms with Gasteiger partial charge in [-0.15, -0.1) is 0 Å². The molecule has 0 amide bonds. The van der Waals surface area contributed by atoms with Crippen molar-refractivity contribution in [1.82, 2.24) is 0 Å². The van der Waals surface area contributed by atoms with E-state index in [1.807, 2.05) is 6.07 Å². The number of Topliss-reactive ketones (excluding diaryl/α,β-unsaturated/α-hetero) is 1. The van der Waals surface area contributed by atoms with Gasteiger partial charge in [-0.05, 0) is 24.3 Å². The molecule has 1 saturated carbocycles. The third-order valence-corrected chi connectivity index (χ3v) is 4.70. The minimum absolute atomic E-state index is 0.135. The molecular weight excluding hydrogens is 220 g/mol. The van der Waals surface area contributed by atoms with Crippen LogP contribution in [0.3, 0.4) is 0 Å². The SMILES string of the molecule is CCC(CC)CC(=O)C1(c2ccccc2)CCC1. The maximum atomic E-state index is 12.7. The van der Waals surface area contributed by atoms with Crippen LogP contribution in [0.15, 0.2) is 30.3 Å². The van der Waals surface area contributed by atoms with Gasteiger partial charge in [-0.1, -0.05) is 63.4 Å². The molecule has 0 bridgehead atoms. The van der Waals surface area contributed by atoms with Crippen LogP contribution < -0.4 is 0 Å². The predicted molar refractivity (Wildman–Crippen MR) is 75.7 cm³/mol. The standard InChI is InChI=1S/C17H24O/c1-3-14(4-2)13-16(18)17(11-8-12-17)15-9-6-5-7-10-15/h5-7,9-10,14H,3-4,8,11-13H2,1-2H3. The fourth-order valence-corrected chi connectivity index (χ4v) is 3.05. The smallest absolute Gasteiger partial charge is 0.143 e. The largest absolute Gasteiger partial charge is 0.299 e. The Morgan fingerprint density at radius 1 is 1.17 bits per heavy atom. The van der Waals surface area contributed by atoms with Gasteiger partial charge in [-0.3, -0.25) is 4.79 Å². The van der Waals surface area contributed by atoms with Crippen LogP contribution in [0, 0.1) is 5.92 Å². The summed E-state index contributed by atoms with van der Waals surface area (Å²) < 4.78 is 0. The summed E-state index contributed by atoms with van der Waals surface area (Å²) in [5.74, 6) is 1.05. The molecule has 1 fully saturated rings. The molecule has 1 heteroatoms. The molecule has 0 saturated heterocycles. The van der Waals surface area contributed by atoms with E-state index in [4.69, 9.17) is 0 Å². The highest BCUT2D eigenvalue weighted by atomic mass is 16.1. The first-order chi connectivity index (χ1) is 8.73. The molecule has 0 radical (unpaired) electrons. The molecule has 2 rings (SSSR count). The minimum Gasteiger partial charge on any atom is -0.299 e. The van der Waals surface area contributed by atoms with E-state index in [-0.39, 0.29) is 5.41 Å². The fourth-order valence-electron chi connectivity index (χ4n) is 3.05. The van der Waals surface area contributed by atoms with Gasteiger partial charge in [0.25, 0.3) is 0 Å². The molecule has 0 heterocycles. The van der Waals surface area contributed by atoms with Crippen LogP contribution in [-0.2, 0) is 10.2 Å². The van der Waals surface area contributed by atoms with E-state index in [9.17, 15) is 4.79 Å². The van der Waals surface area contributed by atoms with Crippen molar-refractivity contribution in [1.29, 1.82) is 0 Å². The lowest BCUT2D eigenvalue weighted by molar-refractivity contribution is -0.128. The van der Waals surface area contributed by atoms with Gasteiger partial charge in [0.2, 0.25) is 0 Å². The van der Waals surface area contributed by atoms with E-state index < -0.39 is 0 Å². The molecule has 98 valence electrons. The molecule has 1 aromatic carbocycles. The summed E-state index contributed by atoms with van der Waals surface area (Å²) in [6, 6.07) is 10.4. The number of hydrogen-bond donors (Lipinski definition) is 0. The van der Waals surface area contributed by atoms with Gasteiger partial charge in [0, 0.05) is 6.42 Å². The molecule has 1 aliphatic rings. The average molecular weight is 244 g/mol. The van der Waals surface area contributed by atoms with Gasteiger partial charge in [-0.25, -0.2) is 0 Å². The normalized spacial score (nSPS) is 17.5. The summed E-state index contributed by atoms with van der Waals surface area (Å²) in [5.41, 5.74) is 1.11. The Kier molecular flexibility index (Phi) is 4.21. The van der Waals surface area contributed by atoms with Crippen LogP contribution in [0.1, 0.15) is 57.9 Å². The number of rotatable bonds is 6. The second-order valence-electron chi connectivity index (χ2n) is 5.61. The van der Waals surface area contributed by atoms with Crippen LogP contribution in [0.25, 0.3) is 0 Å². The number of carbonyl (C=O) groups is 1. The lowest BCUT2D eigenvalue weighted by Crippen LogP contribution is -2.43. The molecule has 1 aliphatic carbocycles. The van der Waals surface area contributed by atoms with Gasteiger partial charge in [-0.2, -0.15) is 0 Å². The van der Waals surface area contributed by atoms with Crippen LogP contribution >= 0.6 is 0 Å². The van der Waals surface area contributed by atoms with Gasteiger partial charge >= 0.3 is 0 Å². The maximum Gasteiger partial charge on any atom is 0.143 e. The van der Waals surface area contributed by atoms with Crippen LogP contribution in [0.5, 0.6) is 0 Å². The molecule has 0 spiro atoms. The van der Waals surface area contributed by atoms with E-state index in [0.717, 1.165) is 32.1 Å². The van der Waals surface area contributed by atoms with Crippen LogP contribution in [-0.4, -0.2) is 5.78 Å². The molecule has 0 N–H and O–H groups in total. The summed E-state index contributed by atoms with van der Waals surface area (Å²) in [5, 5.41) is 0. The Bertz CT molecular complexity index is 385. The van der Waals surface area contributed by atoms with E-state index in [1.54, 1.807) is 0 Å². The number of carbonyl (C=O) groups excluding carboxylic acids is 1. The topological polar surface area (TPSA) is 17.1 Å². The van der Waals surface area contributed by atoms with Crippen molar-refractivity contribution in [3.05, 3.63) is 35.9 Å². The summed E-state index contributed by atoms with van der Waals surface area (Å²) in [6.07, 6.45) is 6.30. The van der Waals surface area contributed by atoms with Crippen LogP contribution in [0.2, 0.25) is 0 Å². The highest BCUT2D eigenvalue weighted by Crippen LogP contribution is 2.45. The number of ketones is 1. The Labute approximate surface area is 111 Å². The summed E-state index contributed by atoms with van der Waals surface area (Å²) in [6.45, 7) is 4.38. The fraction of sp³-hybridized carbons (Fsp3) is 0.588. The predicted octanol–water partition coefficient (Wildman–Crippen LogP) is 4.50. The summed E-state index contributed by atoms with van der Waals surface area (Å²) >= 11 is 0. The molecule has 0 atom stereocenters. The molecule has 1 nitrogen and oxygen atoms in total. The third-order valence-electron chi connectivity index (χ3n) is 4.70. The first-order valence-electron chi connectivity index (χ1n) is 7.31. The number of benzene rings is 1. The van der Waals surface area contributed by atoms with Crippen molar-refractivity contribution in [3.63, 3.8) is 0 Å². The zero-order chi connectivity index (χ0) is 13.0. The maximum absolute atomic E-state index is 12.7. The first kappa shape index (κ1) is 13.3. The van der Waals surface area contributed by atoms with Gasteiger partial charge in [0.15, 0.2) is 0 Å².